The maximum absolute atomic E-state index is 12.0. The van der Waals surface area contributed by atoms with Crippen LogP contribution in [0.3, 0.4) is 0 Å². The van der Waals surface area contributed by atoms with Crippen molar-refractivity contribution in [2.45, 2.75) is 20.8 Å². The lowest BCUT2D eigenvalue weighted by molar-refractivity contribution is -0.118. The molecule has 5 heteroatoms. The molecule has 2 rings (SSSR count). The van der Waals surface area contributed by atoms with Gasteiger partial charge in [0.2, 0.25) is 0 Å². The quantitative estimate of drug-likeness (QED) is 0.858. The lowest BCUT2D eigenvalue weighted by Gasteiger charge is -2.12. The number of rotatable bonds is 4. The summed E-state index contributed by atoms with van der Waals surface area (Å²) in [5.41, 5.74) is 3.83. The van der Waals surface area contributed by atoms with Gasteiger partial charge in [0, 0.05) is 10.7 Å². The van der Waals surface area contributed by atoms with Crippen molar-refractivity contribution >= 4 is 34.8 Å². The van der Waals surface area contributed by atoms with Crippen molar-refractivity contribution in [1.29, 1.82) is 0 Å². The zero-order valence-corrected chi connectivity index (χ0v) is 14.2. The molecule has 1 N–H and O–H groups in total. The van der Waals surface area contributed by atoms with Gasteiger partial charge < -0.3 is 10.1 Å². The molecule has 0 atom stereocenters. The third-order valence-electron chi connectivity index (χ3n) is 3.33. The summed E-state index contributed by atoms with van der Waals surface area (Å²) < 4.78 is 5.51. The Labute approximate surface area is 140 Å². The molecule has 0 spiro atoms. The van der Waals surface area contributed by atoms with Gasteiger partial charge in [-0.05, 0) is 61.7 Å². The highest BCUT2D eigenvalue weighted by Gasteiger charge is 2.10. The van der Waals surface area contributed by atoms with E-state index in [1.165, 1.54) is 5.56 Å². The number of halogens is 2. The van der Waals surface area contributed by atoms with Crippen molar-refractivity contribution in [3.05, 3.63) is 57.1 Å². The molecule has 2 aromatic rings. The molecule has 0 fully saturated rings. The highest BCUT2D eigenvalue weighted by molar-refractivity contribution is 6.35. The smallest absolute Gasteiger partial charge is 0.262 e. The fourth-order valence-corrected chi connectivity index (χ4v) is 2.68. The van der Waals surface area contributed by atoms with Gasteiger partial charge in [-0.1, -0.05) is 29.3 Å². The van der Waals surface area contributed by atoms with Crippen molar-refractivity contribution in [2.24, 2.45) is 0 Å². The molecule has 0 heterocycles. The molecule has 3 nitrogen and oxygen atoms in total. The van der Waals surface area contributed by atoms with Gasteiger partial charge in [-0.15, -0.1) is 0 Å². The van der Waals surface area contributed by atoms with E-state index in [9.17, 15) is 4.79 Å². The van der Waals surface area contributed by atoms with Crippen LogP contribution in [0.2, 0.25) is 10.0 Å². The Bertz CT molecular complexity index is 691. The van der Waals surface area contributed by atoms with E-state index in [0.29, 0.717) is 15.8 Å². The molecule has 0 radical (unpaired) electrons. The monoisotopic (exact) mass is 337 g/mol. The third kappa shape index (κ3) is 4.15. The average molecular weight is 338 g/mol. The van der Waals surface area contributed by atoms with Gasteiger partial charge in [-0.3, -0.25) is 4.79 Å². The SMILES string of the molecule is Cc1ccc(NC(=O)COc2c(C)cc(Cl)cc2Cl)cc1C. The Morgan fingerprint density at radius 2 is 1.77 bits per heavy atom. The third-order valence-corrected chi connectivity index (χ3v) is 3.83. The van der Waals surface area contributed by atoms with Crippen LogP contribution in [0.15, 0.2) is 30.3 Å². The number of aryl methyl sites for hydroxylation is 3. The van der Waals surface area contributed by atoms with Gasteiger partial charge in [0.1, 0.15) is 5.75 Å². The summed E-state index contributed by atoms with van der Waals surface area (Å²) in [5.74, 6) is 0.231. The molecule has 0 aliphatic heterocycles. The van der Waals surface area contributed by atoms with E-state index in [4.69, 9.17) is 27.9 Å². The first-order valence-corrected chi connectivity index (χ1v) is 7.58. The number of hydrogen-bond acceptors (Lipinski definition) is 2. The minimum atomic E-state index is -0.242. The number of nitrogens with one attached hydrogen (secondary N) is 1. The topological polar surface area (TPSA) is 38.3 Å². The van der Waals surface area contributed by atoms with Gasteiger partial charge in [0.25, 0.3) is 5.91 Å². The Morgan fingerprint density at radius 1 is 1.05 bits per heavy atom. The molecule has 0 bridgehead atoms. The number of ether oxygens (including phenoxy) is 1. The summed E-state index contributed by atoms with van der Waals surface area (Å²) in [5, 5.41) is 3.73. The molecule has 1 amide bonds. The highest BCUT2D eigenvalue weighted by Crippen LogP contribution is 2.31. The molecule has 0 saturated carbocycles. The van der Waals surface area contributed by atoms with Crippen LogP contribution in [0.1, 0.15) is 16.7 Å². The highest BCUT2D eigenvalue weighted by atomic mass is 35.5. The molecule has 2 aromatic carbocycles. The lowest BCUT2D eigenvalue weighted by Crippen LogP contribution is -2.20. The minimum absolute atomic E-state index is 0.116. The number of amides is 1. The zero-order valence-electron chi connectivity index (χ0n) is 12.7. The summed E-state index contributed by atoms with van der Waals surface area (Å²) in [6.45, 7) is 5.73. The second kappa shape index (κ2) is 7.03. The Morgan fingerprint density at radius 3 is 2.41 bits per heavy atom. The predicted molar refractivity (Wildman–Crippen MR) is 91.2 cm³/mol. The van der Waals surface area contributed by atoms with Gasteiger partial charge >= 0.3 is 0 Å². The van der Waals surface area contributed by atoms with E-state index in [2.05, 4.69) is 5.32 Å². The van der Waals surface area contributed by atoms with Crippen LogP contribution in [-0.2, 0) is 4.79 Å². The summed E-state index contributed by atoms with van der Waals surface area (Å²) in [6.07, 6.45) is 0. The van der Waals surface area contributed by atoms with Crippen LogP contribution >= 0.6 is 23.2 Å². The van der Waals surface area contributed by atoms with Gasteiger partial charge in [0.15, 0.2) is 6.61 Å². The fraction of sp³-hybridized carbons (Fsp3) is 0.235. The standard InChI is InChI=1S/C17H17Cl2NO2/c1-10-4-5-14(7-11(10)2)20-16(21)9-22-17-12(3)6-13(18)8-15(17)19/h4-8H,9H2,1-3H3,(H,20,21). The van der Waals surface area contributed by atoms with Crippen molar-refractivity contribution in [3.8, 4) is 5.75 Å². The maximum Gasteiger partial charge on any atom is 0.262 e. The molecular formula is C17H17Cl2NO2. The first kappa shape index (κ1) is 16.7. The van der Waals surface area contributed by atoms with E-state index in [1.54, 1.807) is 12.1 Å². The lowest BCUT2D eigenvalue weighted by atomic mass is 10.1. The molecule has 22 heavy (non-hydrogen) atoms. The van der Waals surface area contributed by atoms with E-state index in [0.717, 1.165) is 16.8 Å². The molecule has 0 saturated heterocycles. The molecule has 0 unspecified atom stereocenters. The van der Waals surface area contributed by atoms with Crippen molar-refractivity contribution in [3.63, 3.8) is 0 Å². The second-order valence-electron chi connectivity index (χ2n) is 5.17. The molecule has 0 aromatic heterocycles. The van der Waals surface area contributed by atoms with E-state index >= 15 is 0 Å². The van der Waals surface area contributed by atoms with Gasteiger partial charge in [-0.25, -0.2) is 0 Å². The van der Waals surface area contributed by atoms with Crippen molar-refractivity contribution in [1.82, 2.24) is 0 Å². The average Bonchev–Trinajstić information content (AvgIpc) is 2.41. The van der Waals surface area contributed by atoms with Crippen LogP contribution in [0, 0.1) is 20.8 Å². The molecular weight excluding hydrogens is 321 g/mol. The number of carbonyl (C=O) groups is 1. The van der Waals surface area contributed by atoms with E-state index in [1.807, 2.05) is 39.0 Å². The fourth-order valence-electron chi connectivity index (χ4n) is 2.03. The Kier molecular flexibility index (Phi) is 5.33. The normalized spacial score (nSPS) is 10.4. The predicted octanol–water partition coefficient (Wildman–Crippen LogP) is 4.94. The summed E-state index contributed by atoms with van der Waals surface area (Å²) in [7, 11) is 0. The van der Waals surface area contributed by atoms with Crippen molar-refractivity contribution < 1.29 is 9.53 Å². The van der Waals surface area contributed by atoms with Crippen LogP contribution in [0.5, 0.6) is 5.75 Å². The Balaban J connectivity index is 2.00. The van der Waals surface area contributed by atoms with E-state index < -0.39 is 0 Å². The van der Waals surface area contributed by atoms with Gasteiger partial charge in [-0.2, -0.15) is 0 Å². The number of carbonyl (C=O) groups excluding carboxylic acids is 1. The molecule has 116 valence electrons. The number of hydrogen-bond donors (Lipinski definition) is 1. The van der Waals surface area contributed by atoms with E-state index in [-0.39, 0.29) is 12.5 Å². The maximum atomic E-state index is 12.0. The summed E-state index contributed by atoms with van der Waals surface area (Å²) in [4.78, 5) is 12.0. The van der Waals surface area contributed by atoms with Crippen LogP contribution in [0.25, 0.3) is 0 Å². The van der Waals surface area contributed by atoms with Crippen LogP contribution < -0.4 is 10.1 Å². The van der Waals surface area contributed by atoms with Crippen LogP contribution in [0.4, 0.5) is 5.69 Å². The molecule has 0 aliphatic carbocycles. The van der Waals surface area contributed by atoms with Gasteiger partial charge in [0.05, 0.1) is 5.02 Å². The number of anilines is 1. The summed E-state index contributed by atoms with van der Waals surface area (Å²) in [6, 6.07) is 9.08. The largest absolute Gasteiger partial charge is 0.482 e. The zero-order chi connectivity index (χ0) is 16.3. The minimum Gasteiger partial charge on any atom is -0.482 e. The van der Waals surface area contributed by atoms with Crippen molar-refractivity contribution in [2.75, 3.05) is 11.9 Å². The second-order valence-corrected chi connectivity index (χ2v) is 6.01. The molecule has 0 aliphatic rings. The summed E-state index contributed by atoms with van der Waals surface area (Å²) >= 11 is 12.0. The first-order chi connectivity index (χ1) is 10.4. The van der Waals surface area contributed by atoms with Crippen LogP contribution in [-0.4, -0.2) is 12.5 Å². The first-order valence-electron chi connectivity index (χ1n) is 6.82. The number of benzene rings is 2. The Hall–Kier alpha value is -1.71.